The smallest absolute Gasteiger partial charge is 0.222 e. The second-order valence-electron chi connectivity index (χ2n) is 3.52. The van der Waals surface area contributed by atoms with Gasteiger partial charge in [-0.15, -0.1) is 11.3 Å². The molecular weight excluding hydrogens is 210 g/mol. The zero-order valence-corrected chi connectivity index (χ0v) is 9.96. The molecule has 84 valence electrons. The van der Waals surface area contributed by atoms with E-state index in [0.29, 0.717) is 12.8 Å². The molecule has 0 aliphatic rings. The molecule has 0 spiro atoms. The van der Waals surface area contributed by atoms with Crippen LogP contribution in [0.5, 0.6) is 0 Å². The summed E-state index contributed by atoms with van der Waals surface area (Å²) in [5.41, 5.74) is 0. The molecule has 1 N–H and O–H groups in total. The topological polar surface area (TPSA) is 40.5 Å². The van der Waals surface area contributed by atoms with Gasteiger partial charge >= 0.3 is 0 Å². The highest BCUT2D eigenvalue weighted by Gasteiger charge is 2.17. The quantitative estimate of drug-likeness (QED) is 0.836. The standard InChI is InChI=1S/C11H17NO2S/c1-9(10-5-4-8-15-10)12(2)11(14)6-3-7-13/h4-5,8-9,13H,3,6-7H2,1-2H3. The zero-order valence-electron chi connectivity index (χ0n) is 9.14. The van der Waals surface area contributed by atoms with Gasteiger partial charge in [-0.2, -0.15) is 0 Å². The maximum absolute atomic E-state index is 11.7. The Morgan fingerprint density at radius 1 is 1.67 bits per heavy atom. The van der Waals surface area contributed by atoms with Crippen molar-refractivity contribution in [1.29, 1.82) is 0 Å². The Morgan fingerprint density at radius 3 is 2.93 bits per heavy atom. The van der Waals surface area contributed by atoms with E-state index in [1.807, 2.05) is 31.5 Å². The number of carbonyl (C=O) groups excluding carboxylic acids is 1. The second-order valence-corrected chi connectivity index (χ2v) is 4.50. The largest absolute Gasteiger partial charge is 0.396 e. The summed E-state index contributed by atoms with van der Waals surface area (Å²) in [6.07, 6.45) is 0.961. The lowest BCUT2D eigenvalue weighted by atomic mass is 10.2. The molecule has 1 aromatic heterocycles. The maximum Gasteiger partial charge on any atom is 0.222 e. The average molecular weight is 227 g/mol. The lowest BCUT2D eigenvalue weighted by Crippen LogP contribution is -2.29. The molecule has 1 aromatic rings. The lowest BCUT2D eigenvalue weighted by molar-refractivity contribution is -0.132. The highest BCUT2D eigenvalue weighted by Crippen LogP contribution is 2.23. The van der Waals surface area contributed by atoms with Crippen LogP contribution in [0.2, 0.25) is 0 Å². The molecule has 0 bridgehead atoms. The zero-order chi connectivity index (χ0) is 11.3. The van der Waals surface area contributed by atoms with Gasteiger partial charge < -0.3 is 10.0 Å². The molecule has 15 heavy (non-hydrogen) atoms. The van der Waals surface area contributed by atoms with Crippen LogP contribution in [0, 0.1) is 0 Å². The molecule has 0 saturated heterocycles. The van der Waals surface area contributed by atoms with Gasteiger partial charge in [0.2, 0.25) is 5.91 Å². The monoisotopic (exact) mass is 227 g/mol. The lowest BCUT2D eigenvalue weighted by Gasteiger charge is -2.24. The minimum absolute atomic E-state index is 0.0764. The molecule has 0 aromatic carbocycles. The first kappa shape index (κ1) is 12.2. The van der Waals surface area contributed by atoms with E-state index in [1.165, 1.54) is 4.88 Å². The molecule has 0 fully saturated rings. The fourth-order valence-electron chi connectivity index (χ4n) is 1.34. The summed E-state index contributed by atoms with van der Waals surface area (Å²) in [6.45, 7) is 2.09. The molecule has 1 unspecified atom stereocenters. The van der Waals surface area contributed by atoms with Crippen LogP contribution in [0.15, 0.2) is 17.5 Å². The number of hydrogen-bond donors (Lipinski definition) is 1. The van der Waals surface area contributed by atoms with Gasteiger partial charge in [0.15, 0.2) is 0 Å². The van der Waals surface area contributed by atoms with Crippen LogP contribution in [-0.4, -0.2) is 29.6 Å². The van der Waals surface area contributed by atoms with E-state index < -0.39 is 0 Å². The summed E-state index contributed by atoms with van der Waals surface area (Å²) in [4.78, 5) is 14.6. The Balaban J connectivity index is 2.52. The second kappa shape index (κ2) is 5.88. The molecule has 1 heterocycles. The molecule has 4 heteroatoms. The van der Waals surface area contributed by atoms with Gasteiger partial charge in [-0.05, 0) is 24.8 Å². The van der Waals surface area contributed by atoms with Crippen molar-refractivity contribution in [3.05, 3.63) is 22.4 Å². The van der Waals surface area contributed by atoms with Gasteiger partial charge in [-0.1, -0.05) is 6.07 Å². The van der Waals surface area contributed by atoms with Crippen molar-refractivity contribution in [2.24, 2.45) is 0 Å². The van der Waals surface area contributed by atoms with Gasteiger partial charge in [0, 0.05) is 25.0 Å². The molecule has 1 amide bonds. The summed E-state index contributed by atoms with van der Waals surface area (Å²) < 4.78 is 0. The van der Waals surface area contributed by atoms with E-state index in [2.05, 4.69) is 0 Å². The van der Waals surface area contributed by atoms with E-state index in [0.717, 1.165) is 0 Å². The summed E-state index contributed by atoms with van der Waals surface area (Å²) >= 11 is 1.66. The summed E-state index contributed by atoms with van der Waals surface area (Å²) in [7, 11) is 1.81. The minimum atomic E-state index is 0.0764. The number of nitrogens with zero attached hydrogens (tertiary/aromatic N) is 1. The molecule has 0 saturated carbocycles. The highest BCUT2D eigenvalue weighted by molar-refractivity contribution is 7.10. The average Bonchev–Trinajstić information content (AvgIpc) is 2.77. The first-order valence-corrected chi connectivity index (χ1v) is 5.94. The SMILES string of the molecule is CC(c1cccs1)N(C)C(=O)CCCO. The highest BCUT2D eigenvalue weighted by atomic mass is 32.1. The van der Waals surface area contributed by atoms with Gasteiger partial charge in [-0.25, -0.2) is 0 Å². The van der Waals surface area contributed by atoms with Crippen LogP contribution in [0.4, 0.5) is 0 Å². The number of hydrogen-bond acceptors (Lipinski definition) is 3. The van der Waals surface area contributed by atoms with Crippen molar-refractivity contribution in [2.75, 3.05) is 13.7 Å². The van der Waals surface area contributed by atoms with E-state index in [1.54, 1.807) is 16.2 Å². The Labute approximate surface area is 94.3 Å². The van der Waals surface area contributed by atoms with E-state index in [-0.39, 0.29) is 18.6 Å². The van der Waals surface area contributed by atoms with Crippen molar-refractivity contribution >= 4 is 17.2 Å². The van der Waals surface area contributed by atoms with Crippen LogP contribution >= 0.6 is 11.3 Å². The summed E-state index contributed by atoms with van der Waals surface area (Å²) in [5.74, 6) is 0.0879. The normalized spacial score (nSPS) is 12.5. The molecule has 3 nitrogen and oxygen atoms in total. The first-order chi connectivity index (χ1) is 7.16. The van der Waals surface area contributed by atoms with Crippen LogP contribution in [0.1, 0.15) is 30.7 Å². The Kier molecular flexibility index (Phi) is 4.78. The van der Waals surface area contributed by atoms with E-state index in [9.17, 15) is 4.79 Å². The molecule has 0 radical (unpaired) electrons. The van der Waals surface area contributed by atoms with Crippen LogP contribution in [-0.2, 0) is 4.79 Å². The number of amides is 1. The van der Waals surface area contributed by atoms with Crippen molar-refractivity contribution in [1.82, 2.24) is 4.90 Å². The number of rotatable bonds is 5. The van der Waals surface area contributed by atoms with Gasteiger partial charge in [0.25, 0.3) is 0 Å². The maximum atomic E-state index is 11.7. The van der Waals surface area contributed by atoms with Crippen LogP contribution in [0.25, 0.3) is 0 Å². The van der Waals surface area contributed by atoms with E-state index >= 15 is 0 Å². The van der Waals surface area contributed by atoms with Gasteiger partial charge in [-0.3, -0.25) is 4.79 Å². The first-order valence-electron chi connectivity index (χ1n) is 5.06. The number of aliphatic hydroxyl groups is 1. The fourth-order valence-corrected chi connectivity index (χ4v) is 2.17. The third-order valence-electron chi connectivity index (χ3n) is 2.48. The molecular formula is C11H17NO2S. The third kappa shape index (κ3) is 3.32. The predicted octanol–water partition coefficient (Wildman–Crippen LogP) is 2.04. The Hall–Kier alpha value is -0.870. The van der Waals surface area contributed by atoms with Crippen LogP contribution < -0.4 is 0 Å². The van der Waals surface area contributed by atoms with Crippen LogP contribution in [0.3, 0.4) is 0 Å². The fraction of sp³-hybridized carbons (Fsp3) is 0.545. The molecule has 0 aliphatic heterocycles. The molecule has 1 rings (SSSR count). The number of carbonyl (C=O) groups is 1. The van der Waals surface area contributed by atoms with E-state index in [4.69, 9.17) is 5.11 Å². The van der Waals surface area contributed by atoms with Crippen molar-refractivity contribution in [2.45, 2.75) is 25.8 Å². The predicted molar refractivity (Wildman–Crippen MR) is 61.8 cm³/mol. The van der Waals surface area contributed by atoms with Crippen molar-refractivity contribution < 1.29 is 9.90 Å². The van der Waals surface area contributed by atoms with Crippen molar-refractivity contribution in [3.63, 3.8) is 0 Å². The Bertz CT molecular complexity index is 298. The summed E-state index contributed by atoms with van der Waals surface area (Å²) in [6, 6.07) is 4.14. The number of aliphatic hydroxyl groups excluding tert-OH is 1. The van der Waals surface area contributed by atoms with Gasteiger partial charge in [0.05, 0.1) is 6.04 Å². The molecule has 1 atom stereocenters. The van der Waals surface area contributed by atoms with Gasteiger partial charge in [0.1, 0.15) is 0 Å². The summed E-state index contributed by atoms with van der Waals surface area (Å²) in [5, 5.41) is 10.7. The van der Waals surface area contributed by atoms with Crippen molar-refractivity contribution in [3.8, 4) is 0 Å². The molecule has 0 aliphatic carbocycles. The third-order valence-corrected chi connectivity index (χ3v) is 3.52. The minimum Gasteiger partial charge on any atom is -0.396 e. The Morgan fingerprint density at radius 2 is 2.40 bits per heavy atom. The number of thiophene rings is 1.